The van der Waals surface area contributed by atoms with Gasteiger partial charge >= 0.3 is 0 Å². The van der Waals surface area contributed by atoms with E-state index in [1.54, 1.807) is 18.5 Å². The Balaban J connectivity index is 1.56. The van der Waals surface area contributed by atoms with Gasteiger partial charge in [0.05, 0.1) is 23.0 Å². The minimum atomic E-state index is -0.240. The third kappa shape index (κ3) is 4.76. The van der Waals surface area contributed by atoms with Gasteiger partial charge in [0.1, 0.15) is 5.82 Å². The van der Waals surface area contributed by atoms with Crippen LogP contribution in [0.15, 0.2) is 54.9 Å². The van der Waals surface area contributed by atoms with Crippen LogP contribution in [0.5, 0.6) is 0 Å². The summed E-state index contributed by atoms with van der Waals surface area (Å²) in [6.45, 7) is 3.82. The molecule has 0 bridgehead atoms. The average molecular weight is 430 g/mol. The molecule has 0 fully saturated rings. The lowest BCUT2D eigenvalue weighted by Gasteiger charge is -2.21. The second-order valence-corrected chi connectivity index (χ2v) is 8.06. The number of hydrogen-bond acceptors (Lipinski definition) is 6. The zero-order valence-electron chi connectivity index (χ0n) is 18.8. The fourth-order valence-corrected chi connectivity index (χ4v) is 3.33. The third-order valence-electron chi connectivity index (χ3n) is 5.27. The topological polar surface area (TPSA) is 90.0 Å². The molecular weight excluding hydrogens is 402 g/mol. The number of carbonyl (C=O) groups excluding carboxylic acids is 1. The first-order chi connectivity index (χ1) is 15.4. The number of pyridine rings is 2. The predicted octanol–water partition coefficient (Wildman–Crippen LogP) is 3.58. The van der Waals surface area contributed by atoms with Crippen molar-refractivity contribution in [2.75, 3.05) is 44.4 Å². The van der Waals surface area contributed by atoms with Crippen molar-refractivity contribution in [1.29, 1.82) is 0 Å². The van der Waals surface area contributed by atoms with Gasteiger partial charge in [-0.05, 0) is 63.5 Å². The maximum atomic E-state index is 12.9. The molecule has 4 aromatic rings. The first-order valence-electron chi connectivity index (χ1n) is 10.5. The summed E-state index contributed by atoms with van der Waals surface area (Å²) in [5.41, 5.74) is 5.18. The number of benzene rings is 1. The number of anilines is 2. The Morgan fingerprint density at radius 3 is 2.47 bits per heavy atom. The lowest BCUT2D eigenvalue weighted by molar-refractivity contribution is 0.102. The summed E-state index contributed by atoms with van der Waals surface area (Å²) in [4.78, 5) is 33.7. The van der Waals surface area contributed by atoms with Gasteiger partial charge in [0, 0.05) is 43.3 Å². The van der Waals surface area contributed by atoms with Gasteiger partial charge in [0.2, 0.25) is 0 Å². The highest BCUT2D eigenvalue weighted by Gasteiger charge is 2.16. The van der Waals surface area contributed by atoms with Crippen LogP contribution in [0.25, 0.3) is 22.6 Å². The standard InChI is InChI=1S/C24H27N7O/c1-16-5-8-18(15-26-16)27-24(32)20-11-12-25-23-21(20)28-22(29-23)17-6-9-19(10-7-17)31(4)14-13-30(2)3/h5-12,15H,13-14H2,1-4H3,(H,27,32)(H,25,28,29). The van der Waals surface area contributed by atoms with Gasteiger partial charge in [-0.15, -0.1) is 0 Å². The van der Waals surface area contributed by atoms with Crippen molar-refractivity contribution in [3.05, 3.63) is 66.1 Å². The number of amides is 1. The largest absolute Gasteiger partial charge is 0.373 e. The molecular formula is C24H27N7O. The molecule has 1 aromatic carbocycles. The summed E-state index contributed by atoms with van der Waals surface area (Å²) < 4.78 is 0. The summed E-state index contributed by atoms with van der Waals surface area (Å²) in [5.74, 6) is 0.434. The van der Waals surface area contributed by atoms with E-state index in [-0.39, 0.29) is 5.91 Å². The van der Waals surface area contributed by atoms with E-state index in [0.717, 1.165) is 30.0 Å². The molecule has 0 radical (unpaired) electrons. The van der Waals surface area contributed by atoms with Crippen LogP contribution in [0.2, 0.25) is 0 Å². The number of aromatic amines is 1. The Kier molecular flexibility index (Phi) is 6.13. The minimum Gasteiger partial charge on any atom is -0.373 e. The van der Waals surface area contributed by atoms with Gasteiger partial charge in [0.15, 0.2) is 5.65 Å². The number of imidazole rings is 1. The second-order valence-electron chi connectivity index (χ2n) is 8.06. The number of likely N-dealkylation sites (N-methyl/N-ethyl adjacent to an activating group) is 2. The molecule has 0 aliphatic rings. The molecule has 2 N–H and O–H groups in total. The van der Waals surface area contributed by atoms with E-state index < -0.39 is 0 Å². The summed E-state index contributed by atoms with van der Waals surface area (Å²) in [6, 6.07) is 13.6. The summed E-state index contributed by atoms with van der Waals surface area (Å²) in [6.07, 6.45) is 3.24. The van der Waals surface area contributed by atoms with E-state index in [0.29, 0.717) is 28.2 Å². The van der Waals surface area contributed by atoms with Crippen molar-refractivity contribution >= 4 is 28.4 Å². The molecule has 0 unspecified atom stereocenters. The van der Waals surface area contributed by atoms with Crippen LogP contribution in [0.1, 0.15) is 16.1 Å². The lowest BCUT2D eigenvalue weighted by Crippen LogP contribution is -2.28. The maximum absolute atomic E-state index is 12.9. The monoisotopic (exact) mass is 429 g/mol. The van der Waals surface area contributed by atoms with Crippen LogP contribution in [0.3, 0.4) is 0 Å². The zero-order valence-corrected chi connectivity index (χ0v) is 18.8. The van der Waals surface area contributed by atoms with Gasteiger partial charge in [0.25, 0.3) is 5.91 Å². The van der Waals surface area contributed by atoms with Crippen LogP contribution in [-0.2, 0) is 0 Å². The van der Waals surface area contributed by atoms with E-state index in [4.69, 9.17) is 0 Å². The predicted molar refractivity (Wildman–Crippen MR) is 128 cm³/mol. The number of rotatable bonds is 7. The molecule has 0 saturated carbocycles. The Morgan fingerprint density at radius 1 is 1.00 bits per heavy atom. The number of aryl methyl sites for hydroxylation is 1. The molecule has 1 amide bonds. The van der Waals surface area contributed by atoms with Crippen molar-refractivity contribution in [3.63, 3.8) is 0 Å². The molecule has 8 heteroatoms. The fraction of sp³-hybridized carbons (Fsp3) is 0.250. The van der Waals surface area contributed by atoms with Crippen LogP contribution < -0.4 is 10.2 Å². The van der Waals surface area contributed by atoms with E-state index >= 15 is 0 Å². The van der Waals surface area contributed by atoms with Crippen molar-refractivity contribution < 1.29 is 4.79 Å². The summed E-state index contributed by atoms with van der Waals surface area (Å²) in [5, 5.41) is 2.88. The number of nitrogens with zero attached hydrogens (tertiary/aromatic N) is 5. The Hall–Kier alpha value is -3.78. The van der Waals surface area contributed by atoms with Gasteiger partial charge < -0.3 is 20.1 Å². The smallest absolute Gasteiger partial charge is 0.258 e. The van der Waals surface area contributed by atoms with Crippen molar-refractivity contribution in [1.82, 2.24) is 24.8 Å². The number of hydrogen-bond donors (Lipinski definition) is 2. The van der Waals surface area contributed by atoms with E-state index in [2.05, 4.69) is 68.3 Å². The van der Waals surface area contributed by atoms with E-state index in [9.17, 15) is 4.79 Å². The SMILES string of the molecule is Cc1ccc(NC(=O)c2ccnc3nc(-c4ccc(N(C)CCN(C)C)cc4)[nH]c23)cn1. The molecule has 32 heavy (non-hydrogen) atoms. The van der Waals surface area contributed by atoms with Gasteiger partial charge in [-0.3, -0.25) is 9.78 Å². The molecule has 0 saturated heterocycles. The molecule has 0 aliphatic heterocycles. The molecule has 0 atom stereocenters. The molecule has 0 aliphatic carbocycles. The highest BCUT2D eigenvalue weighted by Crippen LogP contribution is 2.24. The number of fused-ring (bicyclic) bond motifs is 1. The number of aromatic nitrogens is 4. The second kappa shape index (κ2) is 9.15. The molecule has 4 rings (SSSR count). The Morgan fingerprint density at radius 2 is 1.78 bits per heavy atom. The number of carbonyl (C=O) groups is 1. The highest BCUT2D eigenvalue weighted by molar-refractivity contribution is 6.11. The average Bonchev–Trinajstić information content (AvgIpc) is 3.23. The first-order valence-corrected chi connectivity index (χ1v) is 10.5. The lowest BCUT2D eigenvalue weighted by atomic mass is 10.2. The normalized spacial score (nSPS) is 11.2. The van der Waals surface area contributed by atoms with Crippen LogP contribution >= 0.6 is 0 Å². The zero-order chi connectivity index (χ0) is 22.7. The van der Waals surface area contributed by atoms with E-state index in [1.807, 2.05) is 31.2 Å². The fourth-order valence-electron chi connectivity index (χ4n) is 3.33. The van der Waals surface area contributed by atoms with Crippen LogP contribution in [0.4, 0.5) is 11.4 Å². The third-order valence-corrected chi connectivity index (χ3v) is 5.27. The highest BCUT2D eigenvalue weighted by atomic mass is 16.1. The van der Waals surface area contributed by atoms with Crippen LogP contribution in [-0.4, -0.2) is 65.0 Å². The summed E-state index contributed by atoms with van der Waals surface area (Å²) >= 11 is 0. The maximum Gasteiger partial charge on any atom is 0.258 e. The molecule has 3 aromatic heterocycles. The van der Waals surface area contributed by atoms with Crippen molar-refractivity contribution in [2.45, 2.75) is 6.92 Å². The molecule has 8 nitrogen and oxygen atoms in total. The molecule has 164 valence electrons. The number of H-pyrrole nitrogens is 1. The number of nitrogens with one attached hydrogen (secondary N) is 2. The molecule has 0 spiro atoms. The van der Waals surface area contributed by atoms with Crippen LogP contribution in [0, 0.1) is 6.92 Å². The van der Waals surface area contributed by atoms with Crippen molar-refractivity contribution in [3.8, 4) is 11.4 Å². The van der Waals surface area contributed by atoms with Gasteiger partial charge in [-0.1, -0.05) is 0 Å². The Labute approximate surface area is 187 Å². The van der Waals surface area contributed by atoms with Gasteiger partial charge in [-0.2, -0.15) is 0 Å². The quantitative estimate of drug-likeness (QED) is 0.467. The molecule has 3 heterocycles. The van der Waals surface area contributed by atoms with E-state index in [1.165, 1.54) is 0 Å². The Bertz CT molecular complexity index is 1210. The van der Waals surface area contributed by atoms with Crippen molar-refractivity contribution in [2.24, 2.45) is 0 Å². The van der Waals surface area contributed by atoms with Gasteiger partial charge in [-0.25, -0.2) is 9.97 Å². The minimum absolute atomic E-state index is 0.240. The summed E-state index contributed by atoms with van der Waals surface area (Å²) in [7, 11) is 6.22. The first kappa shape index (κ1) is 21.5.